The second-order valence-electron chi connectivity index (χ2n) is 10.2. The van der Waals surface area contributed by atoms with Crippen molar-refractivity contribution >= 4 is 5.97 Å². The van der Waals surface area contributed by atoms with E-state index >= 15 is 0 Å². The monoisotopic (exact) mass is 570 g/mol. The predicted molar refractivity (Wildman–Crippen MR) is 136 cm³/mol. The number of rotatable bonds is 6. The minimum absolute atomic E-state index is 0.00570. The second kappa shape index (κ2) is 10.6. The topological polar surface area (TPSA) is 144 Å². The zero-order chi connectivity index (χ0) is 28.7. The fourth-order valence-electron chi connectivity index (χ4n) is 5.46. The first-order chi connectivity index (χ1) is 19.7. The normalized spacial score (nSPS) is 22.6. The summed E-state index contributed by atoms with van der Waals surface area (Å²) in [7, 11) is 0. The van der Waals surface area contributed by atoms with Crippen LogP contribution in [0.4, 0.5) is 13.2 Å². The van der Waals surface area contributed by atoms with Gasteiger partial charge in [0.05, 0.1) is 12.0 Å². The van der Waals surface area contributed by atoms with Crippen LogP contribution < -0.4 is 10.1 Å². The summed E-state index contributed by atoms with van der Waals surface area (Å²) in [5, 5.41) is 31.2. The van der Waals surface area contributed by atoms with Crippen molar-refractivity contribution in [1.29, 1.82) is 0 Å². The second-order valence-corrected chi connectivity index (χ2v) is 10.2. The number of benzene rings is 2. The number of aliphatic hydroxyl groups is 1. The van der Waals surface area contributed by atoms with E-state index in [0.29, 0.717) is 29.7 Å². The maximum Gasteiger partial charge on any atom is 0.422 e. The molecule has 1 aliphatic heterocycles. The fraction of sp³-hybridized carbons (Fsp3) is 0.357. The molecule has 214 valence electrons. The van der Waals surface area contributed by atoms with Crippen molar-refractivity contribution in [2.45, 2.75) is 50.0 Å². The van der Waals surface area contributed by atoms with Crippen LogP contribution in [-0.4, -0.2) is 50.2 Å². The van der Waals surface area contributed by atoms with Gasteiger partial charge in [0.1, 0.15) is 29.7 Å². The molecular weight excluding hydrogens is 545 g/mol. The molecule has 6 rings (SSSR count). The Labute approximate surface area is 231 Å². The maximum absolute atomic E-state index is 14.0. The summed E-state index contributed by atoms with van der Waals surface area (Å²) in [6.07, 6.45) is -2.99. The highest BCUT2D eigenvalue weighted by atomic mass is 19.4. The molecule has 2 aromatic carbocycles. The molecule has 0 bridgehead atoms. The van der Waals surface area contributed by atoms with Gasteiger partial charge in [-0.3, -0.25) is 4.79 Å². The summed E-state index contributed by atoms with van der Waals surface area (Å²) in [6.45, 7) is 0.138. The molecule has 3 heterocycles. The van der Waals surface area contributed by atoms with Crippen LogP contribution in [-0.2, 0) is 11.0 Å². The molecule has 41 heavy (non-hydrogen) atoms. The number of hydrogen-bond donors (Lipinski definition) is 3. The number of aromatic nitrogens is 3. The molecule has 1 aliphatic carbocycles. The third kappa shape index (κ3) is 5.30. The molecule has 2 aromatic heterocycles. The average molecular weight is 571 g/mol. The summed E-state index contributed by atoms with van der Waals surface area (Å²) in [5.41, 5.74) is -0.391. The lowest BCUT2D eigenvalue weighted by Crippen LogP contribution is -2.49. The highest BCUT2D eigenvalue weighted by Crippen LogP contribution is 2.43. The summed E-state index contributed by atoms with van der Waals surface area (Å²) < 4.78 is 58.2. The summed E-state index contributed by atoms with van der Waals surface area (Å²) in [6, 6.07) is 12.1. The lowest BCUT2D eigenvalue weighted by Gasteiger charge is -2.36. The molecular formula is C28H25F3N4O6. The van der Waals surface area contributed by atoms with Crippen molar-refractivity contribution in [3.05, 3.63) is 59.7 Å². The van der Waals surface area contributed by atoms with Crippen LogP contribution >= 0.6 is 0 Å². The van der Waals surface area contributed by atoms with Gasteiger partial charge in [-0.2, -0.15) is 18.2 Å². The van der Waals surface area contributed by atoms with Gasteiger partial charge in [-0.05, 0) is 25.3 Å². The Morgan fingerprint density at radius 2 is 1.83 bits per heavy atom. The molecule has 0 radical (unpaired) electrons. The largest absolute Gasteiger partial charge is 0.491 e. The Morgan fingerprint density at radius 1 is 1.02 bits per heavy atom. The lowest BCUT2D eigenvalue weighted by molar-refractivity contribution is -0.143. The molecule has 4 atom stereocenters. The molecule has 10 nitrogen and oxygen atoms in total. The standard InChI is InChI=1S/C28H25F3N4O6/c29-28(30,31)21-22(14-5-2-1-3-6-14)34-40-24(21)26-33-25(35-41-26)15-9-10-18-20(12-15)39-13-19(23(18)36)32-17-8-4-7-16(11-17)27(37)38/h1-3,5-6,9-10,12,16-17,19,23,32,36H,4,7-8,11,13H2,(H,37,38)/t16-,17-,19?,23-/m0/s1. The van der Waals surface area contributed by atoms with Gasteiger partial charge in [0, 0.05) is 22.7 Å². The Bertz CT molecular complexity index is 1550. The summed E-state index contributed by atoms with van der Waals surface area (Å²) in [4.78, 5) is 15.5. The smallest absolute Gasteiger partial charge is 0.422 e. The quantitative estimate of drug-likeness (QED) is 0.286. The van der Waals surface area contributed by atoms with Crippen LogP contribution in [0.2, 0.25) is 0 Å². The van der Waals surface area contributed by atoms with Crippen LogP contribution in [0.3, 0.4) is 0 Å². The van der Waals surface area contributed by atoms with Crippen LogP contribution in [0.25, 0.3) is 34.3 Å². The Hall–Kier alpha value is -4.23. The SMILES string of the molecule is O=C(O)[C@H]1CCC[C@H](NC2COc3cc(-c4noc(-c5onc(-c6ccccc6)c5C(F)(F)F)n4)ccc3[C@@H]2O)C1. The maximum atomic E-state index is 14.0. The Balaban J connectivity index is 1.22. The first kappa shape index (κ1) is 27.0. The number of carbonyl (C=O) groups is 1. The highest BCUT2D eigenvalue weighted by Gasteiger charge is 2.43. The van der Waals surface area contributed by atoms with Crippen molar-refractivity contribution in [2.75, 3.05) is 6.61 Å². The number of fused-ring (bicyclic) bond motifs is 1. The third-order valence-electron chi connectivity index (χ3n) is 7.51. The number of aliphatic hydroxyl groups excluding tert-OH is 1. The van der Waals surface area contributed by atoms with Gasteiger partial charge in [0.25, 0.3) is 5.89 Å². The lowest BCUT2D eigenvalue weighted by atomic mass is 9.85. The molecule has 0 saturated heterocycles. The van der Waals surface area contributed by atoms with Gasteiger partial charge >= 0.3 is 12.1 Å². The number of nitrogens with one attached hydrogen (secondary N) is 1. The van der Waals surface area contributed by atoms with E-state index in [4.69, 9.17) is 13.8 Å². The Kier molecular flexibility index (Phi) is 6.99. The van der Waals surface area contributed by atoms with Gasteiger partial charge in [0.2, 0.25) is 11.6 Å². The van der Waals surface area contributed by atoms with Crippen LogP contribution in [0, 0.1) is 5.92 Å². The molecule has 0 amide bonds. The van der Waals surface area contributed by atoms with Crippen LogP contribution in [0.15, 0.2) is 57.6 Å². The molecule has 1 saturated carbocycles. The van der Waals surface area contributed by atoms with Crippen molar-refractivity contribution in [2.24, 2.45) is 5.92 Å². The average Bonchev–Trinajstić information content (AvgIpc) is 3.63. The fourth-order valence-corrected chi connectivity index (χ4v) is 5.46. The van der Waals surface area contributed by atoms with Crippen molar-refractivity contribution in [3.8, 4) is 40.0 Å². The number of nitrogens with zero attached hydrogens (tertiary/aromatic N) is 3. The van der Waals surface area contributed by atoms with Crippen LogP contribution in [0.1, 0.15) is 42.9 Å². The molecule has 1 fully saturated rings. The molecule has 4 aromatic rings. The number of halogens is 3. The van der Waals surface area contributed by atoms with E-state index in [2.05, 4.69) is 20.6 Å². The number of carboxylic acid groups (broad SMARTS) is 1. The van der Waals surface area contributed by atoms with E-state index < -0.39 is 47.4 Å². The zero-order valence-electron chi connectivity index (χ0n) is 21.5. The first-order valence-electron chi connectivity index (χ1n) is 13.1. The summed E-state index contributed by atoms with van der Waals surface area (Å²) >= 11 is 0. The summed E-state index contributed by atoms with van der Waals surface area (Å²) in [5.74, 6) is -2.04. The number of hydrogen-bond acceptors (Lipinski definition) is 9. The van der Waals surface area contributed by atoms with Crippen molar-refractivity contribution in [1.82, 2.24) is 20.6 Å². The third-order valence-corrected chi connectivity index (χ3v) is 7.51. The van der Waals surface area contributed by atoms with Gasteiger partial charge in [-0.25, -0.2) is 0 Å². The van der Waals surface area contributed by atoms with Gasteiger partial charge < -0.3 is 29.3 Å². The molecule has 1 unspecified atom stereocenters. The minimum Gasteiger partial charge on any atom is -0.491 e. The van der Waals surface area contributed by atoms with Gasteiger partial charge in [-0.15, -0.1) is 0 Å². The number of aliphatic carboxylic acids is 1. The van der Waals surface area contributed by atoms with Gasteiger partial charge in [0.15, 0.2) is 0 Å². The number of ether oxygens (including phenoxy) is 1. The highest BCUT2D eigenvalue weighted by molar-refractivity contribution is 5.71. The van der Waals surface area contributed by atoms with E-state index in [-0.39, 0.29) is 29.7 Å². The van der Waals surface area contributed by atoms with E-state index in [9.17, 15) is 28.2 Å². The van der Waals surface area contributed by atoms with Crippen molar-refractivity contribution in [3.63, 3.8) is 0 Å². The molecule has 0 spiro atoms. The first-order valence-corrected chi connectivity index (χ1v) is 13.1. The Morgan fingerprint density at radius 3 is 2.59 bits per heavy atom. The molecule has 13 heteroatoms. The van der Waals surface area contributed by atoms with Crippen molar-refractivity contribution < 1.29 is 42.0 Å². The van der Waals surface area contributed by atoms with E-state index in [0.717, 1.165) is 12.8 Å². The van der Waals surface area contributed by atoms with Crippen LogP contribution in [0.5, 0.6) is 5.75 Å². The zero-order valence-corrected chi connectivity index (χ0v) is 21.5. The predicted octanol–water partition coefficient (Wildman–Crippen LogP) is 5.10. The molecule has 2 aliphatic rings. The number of alkyl halides is 3. The minimum atomic E-state index is -4.80. The number of carboxylic acids is 1. The molecule has 3 N–H and O–H groups in total. The van der Waals surface area contributed by atoms with Gasteiger partial charge in [-0.1, -0.05) is 59.2 Å². The van der Waals surface area contributed by atoms with E-state index in [1.807, 2.05) is 0 Å². The van der Waals surface area contributed by atoms with E-state index in [1.54, 1.807) is 36.4 Å². The van der Waals surface area contributed by atoms with E-state index in [1.165, 1.54) is 12.1 Å².